The van der Waals surface area contributed by atoms with Gasteiger partial charge in [-0.3, -0.25) is 5.84 Å². The molecule has 0 saturated carbocycles. The first-order valence-electron chi connectivity index (χ1n) is 3.98. The number of aliphatic carboxylic acids is 1. The molecule has 4 N–H and O–H groups in total. The van der Waals surface area contributed by atoms with Crippen LogP contribution < -0.4 is 11.3 Å². The lowest BCUT2D eigenvalue weighted by Gasteiger charge is -2.24. The summed E-state index contributed by atoms with van der Waals surface area (Å²) in [4.78, 5) is 11.0. The largest absolute Gasteiger partial charge is 0.480 e. The predicted molar refractivity (Wildman–Crippen MR) is 53.8 cm³/mol. The fraction of sp³-hybridized carbons (Fsp3) is 0.222. The Morgan fingerprint density at radius 3 is 2.36 bits per heavy atom. The number of hydrazine groups is 1. The standard InChI is InChI=1S/C9H11ClN2O2/c1-9(12-11,8(13)14)6-2-4-7(10)5-3-6/h2-5,12H,11H2,1H3,(H,13,14). The number of nitrogens with two attached hydrogens (primary N) is 1. The van der Waals surface area contributed by atoms with Crippen molar-refractivity contribution in [1.29, 1.82) is 0 Å². The second-order valence-electron chi connectivity index (χ2n) is 3.08. The Labute approximate surface area is 86.6 Å². The molecular formula is C9H11ClN2O2. The summed E-state index contributed by atoms with van der Waals surface area (Å²) in [7, 11) is 0. The van der Waals surface area contributed by atoms with Gasteiger partial charge in [0, 0.05) is 5.02 Å². The summed E-state index contributed by atoms with van der Waals surface area (Å²) in [6, 6.07) is 6.48. The number of rotatable bonds is 3. The summed E-state index contributed by atoms with van der Waals surface area (Å²) in [6.07, 6.45) is 0. The fourth-order valence-corrected chi connectivity index (χ4v) is 1.18. The molecule has 1 rings (SSSR count). The van der Waals surface area contributed by atoms with Gasteiger partial charge in [-0.05, 0) is 24.6 Å². The third kappa shape index (κ3) is 1.87. The van der Waals surface area contributed by atoms with E-state index in [4.69, 9.17) is 22.6 Å². The Balaban J connectivity index is 3.13. The van der Waals surface area contributed by atoms with E-state index in [9.17, 15) is 4.79 Å². The van der Waals surface area contributed by atoms with Gasteiger partial charge in [-0.1, -0.05) is 23.7 Å². The van der Waals surface area contributed by atoms with Crippen LogP contribution >= 0.6 is 11.6 Å². The van der Waals surface area contributed by atoms with Crippen LogP contribution in [0, 0.1) is 0 Å². The maximum atomic E-state index is 11.0. The Morgan fingerprint density at radius 2 is 2.00 bits per heavy atom. The van der Waals surface area contributed by atoms with Crippen LogP contribution in [0.25, 0.3) is 0 Å². The summed E-state index contributed by atoms with van der Waals surface area (Å²) in [5.41, 5.74) is 1.54. The van der Waals surface area contributed by atoms with Crippen molar-refractivity contribution < 1.29 is 9.90 Å². The van der Waals surface area contributed by atoms with E-state index < -0.39 is 11.5 Å². The van der Waals surface area contributed by atoms with Gasteiger partial charge in [0.2, 0.25) is 0 Å². The zero-order valence-corrected chi connectivity index (χ0v) is 8.38. The maximum absolute atomic E-state index is 11.0. The lowest BCUT2D eigenvalue weighted by Crippen LogP contribution is -2.50. The van der Waals surface area contributed by atoms with Crippen molar-refractivity contribution in [1.82, 2.24) is 5.43 Å². The molecule has 1 aromatic carbocycles. The Morgan fingerprint density at radius 1 is 1.50 bits per heavy atom. The summed E-state index contributed by atoms with van der Waals surface area (Å²) >= 11 is 5.69. The van der Waals surface area contributed by atoms with Crippen LogP contribution in [0.15, 0.2) is 24.3 Å². The van der Waals surface area contributed by atoms with Crippen LogP contribution in [0.2, 0.25) is 5.02 Å². The first-order valence-corrected chi connectivity index (χ1v) is 4.35. The second-order valence-corrected chi connectivity index (χ2v) is 3.52. The van der Waals surface area contributed by atoms with Crippen molar-refractivity contribution in [2.24, 2.45) is 5.84 Å². The van der Waals surface area contributed by atoms with Crippen LogP contribution in [0.5, 0.6) is 0 Å². The zero-order chi connectivity index (χ0) is 10.8. The van der Waals surface area contributed by atoms with Crippen LogP contribution in [-0.2, 0) is 10.3 Å². The minimum Gasteiger partial charge on any atom is -0.480 e. The van der Waals surface area contributed by atoms with Crippen molar-refractivity contribution >= 4 is 17.6 Å². The third-order valence-electron chi connectivity index (χ3n) is 2.14. The van der Waals surface area contributed by atoms with E-state index in [1.165, 1.54) is 6.92 Å². The predicted octanol–water partition coefficient (Wildman–Crippen LogP) is 1.10. The normalized spacial score (nSPS) is 14.8. The van der Waals surface area contributed by atoms with Gasteiger partial charge < -0.3 is 5.11 Å². The molecule has 0 aliphatic rings. The number of carbonyl (C=O) groups is 1. The van der Waals surface area contributed by atoms with Crippen molar-refractivity contribution in [2.75, 3.05) is 0 Å². The van der Waals surface area contributed by atoms with Crippen LogP contribution in [-0.4, -0.2) is 11.1 Å². The SMILES string of the molecule is CC(NN)(C(=O)O)c1ccc(Cl)cc1. The second kappa shape index (κ2) is 3.96. The number of hydrogen-bond donors (Lipinski definition) is 3. The molecule has 1 atom stereocenters. The highest BCUT2D eigenvalue weighted by atomic mass is 35.5. The molecule has 0 saturated heterocycles. The van der Waals surface area contributed by atoms with Gasteiger partial charge in [0.05, 0.1) is 0 Å². The number of hydrogen-bond acceptors (Lipinski definition) is 3. The highest BCUT2D eigenvalue weighted by molar-refractivity contribution is 6.30. The molecule has 0 amide bonds. The number of nitrogens with one attached hydrogen (secondary N) is 1. The molecule has 0 aromatic heterocycles. The average Bonchev–Trinajstić information content (AvgIpc) is 2.17. The van der Waals surface area contributed by atoms with E-state index in [1.807, 2.05) is 0 Å². The minimum atomic E-state index is -1.29. The Bertz CT molecular complexity index is 339. The summed E-state index contributed by atoms with van der Waals surface area (Å²) < 4.78 is 0. The Kier molecular flexibility index (Phi) is 3.10. The van der Waals surface area contributed by atoms with Gasteiger partial charge in [0.25, 0.3) is 0 Å². The zero-order valence-electron chi connectivity index (χ0n) is 7.62. The third-order valence-corrected chi connectivity index (χ3v) is 2.39. The molecule has 0 aliphatic heterocycles. The average molecular weight is 215 g/mol. The monoisotopic (exact) mass is 214 g/mol. The van der Waals surface area contributed by atoms with Gasteiger partial charge in [0.15, 0.2) is 5.54 Å². The van der Waals surface area contributed by atoms with Gasteiger partial charge in [-0.2, -0.15) is 0 Å². The Hall–Kier alpha value is -1.10. The van der Waals surface area contributed by atoms with E-state index in [1.54, 1.807) is 24.3 Å². The number of carboxylic acids is 1. The van der Waals surface area contributed by atoms with Gasteiger partial charge >= 0.3 is 5.97 Å². The molecule has 14 heavy (non-hydrogen) atoms. The maximum Gasteiger partial charge on any atom is 0.329 e. The molecule has 0 bridgehead atoms. The van der Waals surface area contributed by atoms with E-state index in [0.29, 0.717) is 10.6 Å². The number of halogens is 1. The summed E-state index contributed by atoms with van der Waals surface area (Å²) in [5, 5.41) is 9.53. The first-order chi connectivity index (χ1) is 6.50. The molecular weight excluding hydrogens is 204 g/mol. The molecule has 0 spiro atoms. The van der Waals surface area contributed by atoms with Crippen LogP contribution in [0.1, 0.15) is 12.5 Å². The smallest absolute Gasteiger partial charge is 0.329 e. The molecule has 0 heterocycles. The summed E-state index contributed by atoms with van der Waals surface area (Å²) in [6.45, 7) is 1.48. The van der Waals surface area contributed by atoms with Gasteiger partial charge in [-0.15, -0.1) is 0 Å². The first kappa shape index (κ1) is 11.0. The molecule has 1 aromatic rings. The van der Waals surface area contributed by atoms with Gasteiger partial charge in [-0.25, -0.2) is 10.2 Å². The molecule has 4 nitrogen and oxygen atoms in total. The van der Waals surface area contributed by atoms with E-state index in [0.717, 1.165) is 0 Å². The van der Waals surface area contributed by atoms with E-state index in [-0.39, 0.29) is 0 Å². The summed E-state index contributed by atoms with van der Waals surface area (Å²) in [5.74, 6) is 4.17. The molecule has 76 valence electrons. The highest BCUT2D eigenvalue weighted by Crippen LogP contribution is 2.21. The molecule has 0 radical (unpaired) electrons. The lowest BCUT2D eigenvalue weighted by atomic mass is 9.93. The molecule has 5 heteroatoms. The van der Waals surface area contributed by atoms with Crippen LogP contribution in [0.3, 0.4) is 0 Å². The van der Waals surface area contributed by atoms with Gasteiger partial charge in [0.1, 0.15) is 0 Å². The quantitative estimate of drug-likeness (QED) is 0.520. The highest BCUT2D eigenvalue weighted by Gasteiger charge is 2.33. The van der Waals surface area contributed by atoms with Crippen molar-refractivity contribution in [2.45, 2.75) is 12.5 Å². The van der Waals surface area contributed by atoms with E-state index in [2.05, 4.69) is 5.43 Å². The van der Waals surface area contributed by atoms with Crippen molar-refractivity contribution in [3.05, 3.63) is 34.9 Å². The van der Waals surface area contributed by atoms with Crippen molar-refractivity contribution in [3.8, 4) is 0 Å². The topological polar surface area (TPSA) is 75.3 Å². The molecule has 0 aliphatic carbocycles. The minimum absolute atomic E-state index is 0.553. The molecule has 0 fully saturated rings. The lowest BCUT2D eigenvalue weighted by molar-refractivity contribution is -0.144. The van der Waals surface area contributed by atoms with Crippen LogP contribution in [0.4, 0.5) is 0 Å². The number of benzene rings is 1. The fourth-order valence-electron chi connectivity index (χ4n) is 1.05. The van der Waals surface area contributed by atoms with E-state index >= 15 is 0 Å². The van der Waals surface area contributed by atoms with Crippen molar-refractivity contribution in [3.63, 3.8) is 0 Å². The molecule has 1 unspecified atom stereocenters. The number of carboxylic acid groups (broad SMARTS) is 1.